The highest BCUT2D eigenvalue weighted by Crippen LogP contribution is 2.27. The van der Waals surface area contributed by atoms with E-state index in [-0.39, 0.29) is 0 Å². The van der Waals surface area contributed by atoms with Gasteiger partial charge in [0.2, 0.25) is 0 Å². The molecule has 0 amide bonds. The fraction of sp³-hybridized carbons (Fsp3) is 0.318. The summed E-state index contributed by atoms with van der Waals surface area (Å²) < 4.78 is 15.1. The average molecular weight is 952 g/mol. The molecule has 0 bridgehead atoms. The Bertz CT molecular complexity index is 3160. The van der Waals surface area contributed by atoms with Crippen molar-refractivity contribution in [3.63, 3.8) is 0 Å². The van der Waals surface area contributed by atoms with Crippen molar-refractivity contribution >= 4 is 0 Å². The van der Waals surface area contributed by atoms with E-state index in [4.69, 9.17) is 0 Å². The molecular formula is C66H75N6+3. The Kier molecular flexibility index (Phi) is 15.8. The van der Waals surface area contributed by atoms with Crippen LogP contribution >= 0.6 is 0 Å². The maximum absolute atomic E-state index is 2.56. The molecule has 6 heterocycles. The summed E-state index contributed by atoms with van der Waals surface area (Å²) in [4.78, 5) is 0. The van der Waals surface area contributed by atoms with Crippen LogP contribution in [-0.2, 0) is 58.5 Å². The predicted molar refractivity (Wildman–Crippen MR) is 294 cm³/mol. The van der Waals surface area contributed by atoms with Gasteiger partial charge >= 0.3 is 0 Å². The summed E-state index contributed by atoms with van der Waals surface area (Å²) in [5, 5.41) is 0. The zero-order valence-electron chi connectivity index (χ0n) is 43.2. The van der Waals surface area contributed by atoms with Gasteiger partial charge < -0.3 is 0 Å². The Morgan fingerprint density at radius 3 is 1.21 bits per heavy atom. The Morgan fingerprint density at radius 2 is 0.764 bits per heavy atom. The van der Waals surface area contributed by atoms with Gasteiger partial charge in [-0.15, -0.1) is 0 Å². The minimum absolute atomic E-state index is 0.961. The minimum atomic E-state index is 0.961. The molecule has 6 nitrogen and oxygen atoms in total. The van der Waals surface area contributed by atoms with E-state index in [1.165, 1.54) is 162 Å². The van der Waals surface area contributed by atoms with E-state index in [0.29, 0.717) is 0 Å². The van der Waals surface area contributed by atoms with Crippen LogP contribution in [0.5, 0.6) is 0 Å². The maximum Gasteiger partial charge on any atom is 0.257 e. The lowest BCUT2D eigenvalue weighted by molar-refractivity contribution is -0.695. The first-order valence-corrected chi connectivity index (χ1v) is 27.1. The summed E-state index contributed by atoms with van der Waals surface area (Å²) in [5.41, 5.74) is 16.3. The number of benzene rings is 6. The number of rotatable bonds is 9. The SMILES string of the molecule is Cc1ccc(C[n+]2cc(-c3ccccc3)n3c2CCCCC3)cc1.Cc1cccc(C[n+]2cc(-c3ccccc3)n3c2CCCCC3)c1.Cc1ccccc1C[n+]1cc(-c2ccccc2)n2c1CCCCC2. The van der Waals surface area contributed by atoms with Crippen molar-refractivity contribution in [2.45, 2.75) is 137 Å². The molecule has 0 unspecified atom stereocenters. The quantitative estimate of drug-likeness (QED) is 0.129. The number of hydrogen-bond donors (Lipinski definition) is 0. The van der Waals surface area contributed by atoms with Gasteiger partial charge in [0, 0.05) is 36.0 Å². The molecule has 3 aliphatic rings. The normalized spacial score (nSPS) is 14.2. The molecule has 0 fully saturated rings. The average Bonchev–Trinajstić information content (AvgIpc) is 3.73. The Hall–Kier alpha value is -7.05. The smallest absolute Gasteiger partial charge is 0.229 e. The molecule has 6 heteroatoms. The third-order valence-electron chi connectivity index (χ3n) is 15.2. The molecule has 9 aromatic rings. The summed E-state index contributed by atoms with van der Waals surface area (Å²) in [5.74, 6) is 4.44. The van der Waals surface area contributed by atoms with Gasteiger partial charge in [0.05, 0.1) is 19.6 Å². The number of imidazole rings is 3. The standard InChI is InChI=1S/3C22H25N2/c1-18-10-7-8-13-20(18)16-23-17-21(19-11-4-2-5-12-19)24-15-9-3-6-14-22(23)24;1-18-9-8-10-19(15-18)16-23-17-21(20-11-4-2-5-12-20)24-14-7-3-6-13-22(23)24;1-18-11-13-19(14-12-18)16-23-17-21(20-8-4-2-5-9-20)24-15-7-3-6-10-22(23)24/h2,4-5,7-8,10-13,17H,3,6,9,14-16H2,1H3;2,4-5,8-12,15,17H,3,6-7,13-14,16H2,1H3;2,4-5,8-9,11-14,17H,3,6-7,10,15-16H2,1H3/q3*+1. The first-order chi connectivity index (χ1) is 35.4. The van der Waals surface area contributed by atoms with Crippen LogP contribution in [0.25, 0.3) is 33.8 Å². The van der Waals surface area contributed by atoms with E-state index in [9.17, 15) is 0 Å². The highest BCUT2D eigenvalue weighted by molar-refractivity contribution is 5.60. The van der Waals surface area contributed by atoms with Crippen LogP contribution in [0.15, 0.2) is 182 Å². The first kappa shape index (κ1) is 48.6. The summed E-state index contributed by atoms with van der Waals surface area (Å²) in [6.07, 6.45) is 22.4. The summed E-state index contributed by atoms with van der Waals surface area (Å²) in [6.45, 7) is 12.8. The summed E-state index contributed by atoms with van der Waals surface area (Å²) in [6, 6.07) is 59.0. The molecule has 0 aliphatic carbocycles. The number of hydrogen-bond acceptors (Lipinski definition) is 0. The molecule has 0 N–H and O–H groups in total. The summed E-state index contributed by atoms with van der Waals surface area (Å²) in [7, 11) is 0. The number of aryl methyl sites for hydroxylation is 3. The molecule has 0 saturated carbocycles. The Labute approximate surface area is 429 Å². The second-order valence-corrected chi connectivity index (χ2v) is 20.6. The van der Waals surface area contributed by atoms with Crippen molar-refractivity contribution in [3.05, 3.63) is 233 Å². The molecule has 366 valence electrons. The van der Waals surface area contributed by atoms with Crippen molar-refractivity contribution < 1.29 is 13.7 Å². The van der Waals surface area contributed by atoms with E-state index >= 15 is 0 Å². The van der Waals surface area contributed by atoms with E-state index in [1.54, 1.807) is 0 Å². The topological polar surface area (TPSA) is 26.4 Å². The van der Waals surface area contributed by atoms with E-state index < -0.39 is 0 Å². The third-order valence-corrected chi connectivity index (χ3v) is 15.2. The van der Waals surface area contributed by atoms with E-state index in [2.05, 4.69) is 231 Å². The van der Waals surface area contributed by atoms with Gasteiger partial charge in [0.25, 0.3) is 17.5 Å². The van der Waals surface area contributed by atoms with Gasteiger partial charge in [-0.25, -0.2) is 27.4 Å². The van der Waals surface area contributed by atoms with Crippen LogP contribution in [-0.4, -0.2) is 13.7 Å². The van der Waals surface area contributed by atoms with Crippen LogP contribution in [0.3, 0.4) is 0 Å². The second kappa shape index (κ2) is 23.5. The molecule has 6 aromatic carbocycles. The lowest BCUT2D eigenvalue weighted by Crippen LogP contribution is -2.37. The van der Waals surface area contributed by atoms with Crippen molar-refractivity contribution in [2.24, 2.45) is 0 Å². The lowest BCUT2D eigenvalue weighted by Gasteiger charge is -2.05. The first-order valence-electron chi connectivity index (χ1n) is 27.1. The number of aromatic nitrogens is 6. The molecule has 3 aromatic heterocycles. The highest BCUT2D eigenvalue weighted by atomic mass is 15.2. The lowest BCUT2D eigenvalue weighted by atomic mass is 10.1. The van der Waals surface area contributed by atoms with Crippen molar-refractivity contribution in [1.29, 1.82) is 0 Å². The fourth-order valence-electron chi connectivity index (χ4n) is 11.3. The van der Waals surface area contributed by atoms with Crippen LogP contribution < -0.4 is 13.7 Å². The predicted octanol–water partition coefficient (Wildman–Crippen LogP) is 13.6. The van der Waals surface area contributed by atoms with Gasteiger partial charge in [0.1, 0.15) is 38.2 Å². The zero-order valence-corrected chi connectivity index (χ0v) is 43.2. The third kappa shape index (κ3) is 11.7. The van der Waals surface area contributed by atoms with Crippen LogP contribution in [0, 0.1) is 20.8 Å². The minimum Gasteiger partial charge on any atom is -0.229 e. The Morgan fingerprint density at radius 1 is 0.347 bits per heavy atom. The van der Waals surface area contributed by atoms with Gasteiger partial charge in [0.15, 0.2) is 17.1 Å². The summed E-state index contributed by atoms with van der Waals surface area (Å²) >= 11 is 0. The van der Waals surface area contributed by atoms with E-state index in [1.807, 2.05) is 0 Å². The van der Waals surface area contributed by atoms with Crippen molar-refractivity contribution in [3.8, 4) is 33.8 Å². The monoisotopic (exact) mass is 952 g/mol. The Balaban J connectivity index is 0.000000124. The molecule has 72 heavy (non-hydrogen) atoms. The maximum atomic E-state index is 2.56. The van der Waals surface area contributed by atoms with Gasteiger partial charge in [-0.2, -0.15) is 0 Å². The second-order valence-electron chi connectivity index (χ2n) is 20.6. The molecule has 12 rings (SSSR count). The van der Waals surface area contributed by atoms with Crippen LogP contribution in [0.1, 0.15) is 109 Å². The van der Waals surface area contributed by atoms with Gasteiger partial charge in [-0.1, -0.05) is 175 Å². The molecular weight excluding hydrogens is 877 g/mol. The highest BCUT2D eigenvalue weighted by Gasteiger charge is 2.29. The molecule has 0 saturated heterocycles. The van der Waals surface area contributed by atoms with Crippen molar-refractivity contribution in [2.75, 3.05) is 0 Å². The van der Waals surface area contributed by atoms with Crippen LogP contribution in [0.4, 0.5) is 0 Å². The van der Waals surface area contributed by atoms with Gasteiger partial charge in [-0.05, 0) is 101 Å². The zero-order chi connectivity index (χ0) is 49.1. The molecule has 0 atom stereocenters. The van der Waals surface area contributed by atoms with Gasteiger partial charge in [-0.3, -0.25) is 0 Å². The fourth-order valence-corrected chi connectivity index (χ4v) is 11.3. The molecule has 3 aliphatic heterocycles. The van der Waals surface area contributed by atoms with Crippen molar-refractivity contribution in [1.82, 2.24) is 13.7 Å². The number of nitrogens with zero attached hydrogens (tertiary/aromatic N) is 6. The molecule has 0 radical (unpaired) electrons. The van der Waals surface area contributed by atoms with E-state index in [0.717, 1.165) is 39.3 Å². The molecule has 0 spiro atoms. The number of fused-ring (bicyclic) bond motifs is 3. The van der Waals surface area contributed by atoms with Crippen LogP contribution in [0.2, 0.25) is 0 Å². The largest absolute Gasteiger partial charge is 0.257 e.